The minimum absolute atomic E-state index is 0.0909. The number of alkyl halides is 1. The van der Waals surface area contributed by atoms with Crippen LogP contribution in [0.4, 0.5) is 0 Å². The Morgan fingerprint density at radius 1 is 1.12 bits per heavy atom. The molecule has 1 unspecified atom stereocenters. The van der Waals surface area contributed by atoms with Gasteiger partial charge in [-0.05, 0) is 17.5 Å². The van der Waals surface area contributed by atoms with Crippen LogP contribution in [0.2, 0.25) is 0 Å². The first-order valence-corrected chi connectivity index (χ1v) is 9.94. The minimum atomic E-state index is -0.158. The maximum Gasteiger partial charge on any atom is 0.126 e. The second-order valence-electron chi connectivity index (χ2n) is 6.90. The summed E-state index contributed by atoms with van der Waals surface area (Å²) < 4.78 is 6.14. The van der Waals surface area contributed by atoms with E-state index in [4.69, 9.17) is 4.74 Å². The molecule has 2 fully saturated rings. The Bertz CT molecular complexity index is 764. The molecule has 2 saturated heterocycles. The summed E-state index contributed by atoms with van der Waals surface area (Å²) in [6.07, 6.45) is 0.689. The molecule has 134 valence electrons. The third kappa shape index (κ3) is 3.43. The van der Waals surface area contributed by atoms with Gasteiger partial charge >= 0.3 is 0 Å². The molecule has 0 aromatic heterocycles. The number of fused-ring (bicyclic) bond motifs is 1. The van der Waals surface area contributed by atoms with Crippen LogP contribution in [-0.2, 0) is 11.3 Å². The number of benzene rings is 2. The average Bonchev–Trinajstić information content (AvgIpc) is 3.15. The lowest BCUT2D eigenvalue weighted by Gasteiger charge is -2.43. The molecule has 2 aliphatic rings. The van der Waals surface area contributed by atoms with Crippen molar-refractivity contribution in [2.45, 2.75) is 42.1 Å². The quantitative estimate of drug-likeness (QED) is 0.780. The third-order valence-corrected chi connectivity index (χ3v) is 6.41. The van der Waals surface area contributed by atoms with Crippen LogP contribution in [0.15, 0.2) is 60.7 Å². The van der Waals surface area contributed by atoms with Crippen molar-refractivity contribution in [2.24, 2.45) is 0 Å². The van der Waals surface area contributed by atoms with Crippen molar-refractivity contribution in [1.82, 2.24) is 10.2 Å². The first-order chi connectivity index (χ1) is 12.8. The van der Waals surface area contributed by atoms with Crippen molar-refractivity contribution < 1.29 is 4.74 Å². The lowest BCUT2D eigenvalue weighted by atomic mass is 9.93. The fourth-order valence-electron chi connectivity index (χ4n) is 3.98. The van der Waals surface area contributed by atoms with Crippen molar-refractivity contribution >= 4 is 15.9 Å². The Morgan fingerprint density at radius 2 is 1.81 bits per heavy atom. The smallest absolute Gasteiger partial charge is 0.126 e. The topological polar surface area (TPSA) is 48.3 Å². The molecule has 0 spiro atoms. The van der Waals surface area contributed by atoms with Gasteiger partial charge in [0, 0.05) is 12.6 Å². The van der Waals surface area contributed by atoms with Crippen molar-refractivity contribution in [3.63, 3.8) is 0 Å². The Labute approximate surface area is 162 Å². The van der Waals surface area contributed by atoms with Gasteiger partial charge in [0.15, 0.2) is 0 Å². The molecule has 5 heteroatoms. The number of hydrogen-bond acceptors (Lipinski definition) is 4. The van der Waals surface area contributed by atoms with E-state index in [1.54, 1.807) is 0 Å². The van der Waals surface area contributed by atoms with Crippen LogP contribution in [0.5, 0.6) is 0 Å². The van der Waals surface area contributed by atoms with Gasteiger partial charge in [-0.15, -0.1) is 0 Å². The number of nitriles is 1. The van der Waals surface area contributed by atoms with E-state index < -0.39 is 0 Å². The highest BCUT2D eigenvalue weighted by Crippen LogP contribution is 2.41. The van der Waals surface area contributed by atoms with E-state index in [9.17, 15) is 5.26 Å². The van der Waals surface area contributed by atoms with Gasteiger partial charge < -0.3 is 10.1 Å². The number of halogens is 1. The van der Waals surface area contributed by atoms with Crippen LogP contribution in [0.25, 0.3) is 0 Å². The summed E-state index contributed by atoms with van der Waals surface area (Å²) in [6, 6.07) is 23.4. The molecule has 0 amide bonds. The van der Waals surface area contributed by atoms with Crippen LogP contribution in [0, 0.1) is 11.3 Å². The second-order valence-corrected chi connectivity index (χ2v) is 7.95. The van der Waals surface area contributed by atoms with Crippen LogP contribution >= 0.6 is 15.9 Å². The van der Waals surface area contributed by atoms with E-state index in [2.05, 4.69) is 56.5 Å². The zero-order valence-electron chi connectivity index (χ0n) is 14.5. The lowest BCUT2D eigenvalue weighted by Crippen LogP contribution is -2.58. The van der Waals surface area contributed by atoms with Gasteiger partial charge in [0.1, 0.15) is 12.3 Å². The Balaban J connectivity index is 1.50. The Hall–Kier alpha value is -1.71. The molecule has 0 bridgehead atoms. The summed E-state index contributed by atoms with van der Waals surface area (Å²) in [5, 5.41) is 13.4. The number of hydrogen-bond donors (Lipinski definition) is 1. The molecular formula is C21H22BrN3O. The molecule has 1 N–H and O–H groups in total. The summed E-state index contributed by atoms with van der Waals surface area (Å²) >= 11 is 3.85. The SMILES string of the molecule is N#C[C@@H]1C[C@H](NCc2ccccc2)C(Br)[C@H]2OC[C@@H](c3ccccc3)N12. The number of piperidine rings is 1. The molecular weight excluding hydrogens is 390 g/mol. The van der Waals surface area contributed by atoms with E-state index >= 15 is 0 Å². The molecule has 2 heterocycles. The average molecular weight is 412 g/mol. The lowest BCUT2D eigenvalue weighted by molar-refractivity contribution is -0.0164. The predicted octanol–water partition coefficient (Wildman–Crippen LogP) is 3.60. The molecule has 2 aliphatic heterocycles. The maximum atomic E-state index is 9.80. The van der Waals surface area contributed by atoms with Crippen LogP contribution in [0.1, 0.15) is 23.6 Å². The summed E-state index contributed by atoms with van der Waals surface area (Å²) in [6.45, 7) is 1.42. The molecule has 4 nitrogen and oxygen atoms in total. The van der Waals surface area contributed by atoms with Gasteiger partial charge in [-0.3, -0.25) is 4.90 Å². The summed E-state index contributed by atoms with van der Waals surface area (Å²) in [5.41, 5.74) is 2.46. The summed E-state index contributed by atoms with van der Waals surface area (Å²) in [4.78, 5) is 2.39. The van der Waals surface area contributed by atoms with Gasteiger partial charge in [0.2, 0.25) is 0 Å². The van der Waals surface area contributed by atoms with Crippen LogP contribution in [-0.4, -0.2) is 34.6 Å². The predicted molar refractivity (Wildman–Crippen MR) is 105 cm³/mol. The highest BCUT2D eigenvalue weighted by molar-refractivity contribution is 9.09. The molecule has 2 aromatic carbocycles. The van der Waals surface area contributed by atoms with Crippen molar-refractivity contribution in [2.75, 3.05) is 6.61 Å². The standard InChI is InChI=1S/C21H22BrN3O/c22-20-18(24-13-15-7-3-1-4-8-15)11-17(12-23)25-19(14-26-21(20)25)16-9-5-2-6-10-16/h1-10,17-21,24H,11,13-14H2/t17-,18-,19-,20?,21+/m0/s1. The second kappa shape index (κ2) is 7.89. The summed E-state index contributed by atoms with van der Waals surface area (Å²) in [5.74, 6) is 0. The van der Waals surface area contributed by atoms with E-state index in [-0.39, 0.29) is 29.2 Å². The number of ether oxygens (including phenoxy) is 1. The number of nitrogens with one attached hydrogen (secondary N) is 1. The van der Waals surface area contributed by atoms with Gasteiger partial charge in [-0.25, -0.2) is 0 Å². The number of nitrogens with zero attached hydrogens (tertiary/aromatic N) is 2. The molecule has 0 radical (unpaired) electrons. The molecule has 0 saturated carbocycles. The highest BCUT2D eigenvalue weighted by atomic mass is 79.9. The zero-order valence-corrected chi connectivity index (χ0v) is 16.0. The fourth-order valence-corrected chi connectivity index (χ4v) is 4.81. The first-order valence-electron chi connectivity index (χ1n) is 9.03. The van der Waals surface area contributed by atoms with E-state index in [0.29, 0.717) is 6.61 Å². The molecule has 0 aliphatic carbocycles. The van der Waals surface area contributed by atoms with Crippen molar-refractivity contribution in [3.05, 3.63) is 71.8 Å². The van der Waals surface area contributed by atoms with Crippen LogP contribution < -0.4 is 5.32 Å². The molecule has 2 aromatic rings. The van der Waals surface area contributed by atoms with Crippen molar-refractivity contribution in [3.8, 4) is 6.07 Å². The highest BCUT2D eigenvalue weighted by Gasteiger charge is 2.49. The van der Waals surface area contributed by atoms with Crippen molar-refractivity contribution in [1.29, 1.82) is 5.26 Å². The largest absolute Gasteiger partial charge is 0.360 e. The van der Waals surface area contributed by atoms with Gasteiger partial charge in [-0.1, -0.05) is 76.6 Å². The maximum absolute atomic E-state index is 9.80. The van der Waals surface area contributed by atoms with Crippen LogP contribution in [0.3, 0.4) is 0 Å². The van der Waals surface area contributed by atoms with Gasteiger partial charge in [-0.2, -0.15) is 5.26 Å². The van der Waals surface area contributed by atoms with E-state index in [0.717, 1.165) is 13.0 Å². The zero-order chi connectivity index (χ0) is 17.9. The molecule has 4 rings (SSSR count). The van der Waals surface area contributed by atoms with Gasteiger partial charge in [0.25, 0.3) is 0 Å². The normalized spacial score (nSPS) is 31.3. The Kier molecular flexibility index (Phi) is 5.37. The fraction of sp³-hybridized carbons (Fsp3) is 0.381. The third-order valence-electron chi connectivity index (χ3n) is 5.32. The van der Waals surface area contributed by atoms with E-state index in [1.807, 2.05) is 36.4 Å². The number of rotatable bonds is 4. The minimum Gasteiger partial charge on any atom is -0.360 e. The first kappa shape index (κ1) is 17.7. The monoisotopic (exact) mass is 411 g/mol. The summed E-state index contributed by atoms with van der Waals surface area (Å²) in [7, 11) is 0. The molecule has 5 atom stereocenters. The molecule has 26 heavy (non-hydrogen) atoms. The Morgan fingerprint density at radius 3 is 2.50 bits per heavy atom. The van der Waals surface area contributed by atoms with Gasteiger partial charge in [0.05, 0.1) is 23.5 Å². The van der Waals surface area contributed by atoms with E-state index in [1.165, 1.54) is 11.1 Å².